The first-order valence-electron chi connectivity index (χ1n) is 6.04. The lowest BCUT2D eigenvalue weighted by Gasteiger charge is -2.22. The molecule has 1 aliphatic rings. The summed E-state index contributed by atoms with van der Waals surface area (Å²) in [6, 6.07) is 2.60. The molecule has 1 aromatic carbocycles. The minimum absolute atomic E-state index is 0.0414. The van der Waals surface area contributed by atoms with Crippen molar-refractivity contribution < 1.29 is 23.8 Å². The summed E-state index contributed by atoms with van der Waals surface area (Å²) in [5, 5.41) is 12.7. The highest BCUT2D eigenvalue weighted by Crippen LogP contribution is 2.44. The molecule has 0 unspecified atom stereocenters. The predicted octanol–water partition coefficient (Wildman–Crippen LogP) is 2.35. The fraction of sp³-hybridized carbons (Fsp3) is 0.231. The molecule has 1 N–H and O–H groups in total. The SMILES string of the molecule is Cn1nc(C(=O)O)cc1-c1c(F)c(Cl)cc2c1OCCO2. The maximum Gasteiger partial charge on any atom is 0.356 e. The number of hydrogen-bond donors (Lipinski definition) is 1. The molecule has 0 atom stereocenters. The molecule has 1 aliphatic heterocycles. The molecule has 3 rings (SSSR count). The van der Waals surface area contributed by atoms with Gasteiger partial charge in [-0.05, 0) is 6.07 Å². The van der Waals surface area contributed by atoms with Crippen LogP contribution in [0, 0.1) is 5.82 Å². The van der Waals surface area contributed by atoms with Crippen molar-refractivity contribution in [3.63, 3.8) is 0 Å². The Labute approximate surface area is 123 Å². The van der Waals surface area contributed by atoms with Gasteiger partial charge >= 0.3 is 5.97 Å². The Morgan fingerprint density at radius 1 is 1.43 bits per heavy atom. The average Bonchev–Trinajstić information content (AvgIpc) is 2.82. The van der Waals surface area contributed by atoms with E-state index in [0.29, 0.717) is 12.4 Å². The molecule has 2 aromatic rings. The van der Waals surface area contributed by atoms with Gasteiger partial charge in [-0.3, -0.25) is 4.68 Å². The first kappa shape index (κ1) is 13.7. The van der Waals surface area contributed by atoms with Crippen LogP contribution in [0.1, 0.15) is 10.5 Å². The van der Waals surface area contributed by atoms with Crippen molar-refractivity contribution in [1.82, 2.24) is 9.78 Å². The molecule has 0 aliphatic carbocycles. The monoisotopic (exact) mass is 312 g/mol. The van der Waals surface area contributed by atoms with Crippen molar-refractivity contribution >= 4 is 17.6 Å². The van der Waals surface area contributed by atoms with Crippen LogP contribution in [-0.2, 0) is 7.05 Å². The normalized spacial score (nSPS) is 13.3. The molecule has 1 aromatic heterocycles. The van der Waals surface area contributed by atoms with E-state index in [9.17, 15) is 9.18 Å². The molecule has 110 valence electrons. The zero-order valence-corrected chi connectivity index (χ0v) is 11.6. The van der Waals surface area contributed by atoms with Crippen LogP contribution < -0.4 is 9.47 Å². The number of carboxylic acid groups (broad SMARTS) is 1. The maximum absolute atomic E-state index is 14.4. The third-order valence-corrected chi connectivity index (χ3v) is 3.36. The average molecular weight is 313 g/mol. The molecule has 6 nitrogen and oxygen atoms in total. The van der Waals surface area contributed by atoms with E-state index < -0.39 is 11.8 Å². The first-order chi connectivity index (χ1) is 9.99. The van der Waals surface area contributed by atoms with Gasteiger partial charge in [0.05, 0.1) is 16.3 Å². The van der Waals surface area contributed by atoms with E-state index in [1.54, 1.807) is 0 Å². The molecule has 0 amide bonds. The summed E-state index contributed by atoms with van der Waals surface area (Å²) in [6.07, 6.45) is 0. The smallest absolute Gasteiger partial charge is 0.356 e. The van der Waals surface area contributed by atoms with Crippen LogP contribution in [0.25, 0.3) is 11.3 Å². The summed E-state index contributed by atoms with van der Waals surface area (Å²) >= 11 is 5.87. The molecule has 0 fully saturated rings. The van der Waals surface area contributed by atoms with Gasteiger partial charge in [-0.15, -0.1) is 0 Å². The summed E-state index contributed by atoms with van der Waals surface area (Å²) in [5.74, 6) is -1.39. The lowest BCUT2D eigenvalue weighted by atomic mass is 10.1. The number of halogens is 2. The molecular formula is C13H10ClFN2O4. The van der Waals surface area contributed by atoms with Gasteiger partial charge < -0.3 is 14.6 Å². The Morgan fingerprint density at radius 2 is 2.14 bits per heavy atom. The van der Waals surface area contributed by atoms with Crippen molar-refractivity contribution in [3.05, 3.63) is 28.7 Å². The van der Waals surface area contributed by atoms with Crippen molar-refractivity contribution in [2.24, 2.45) is 7.05 Å². The number of aromatic nitrogens is 2. The van der Waals surface area contributed by atoms with Crippen molar-refractivity contribution in [1.29, 1.82) is 0 Å². The number of nitrogens with zero attached hydrogens (tertiary/aromatic N) is 2. The lowest BCUT2D eigenvalue weighted by molar-refractivity contribution is 0.0689. The summed E-state index contributed by atoms with van der Waals surface area (Å²) in [4.78, 5) is 11.0. The van der Waals surface area contributed by atoms with Gasteiger partial charge in [-0.2, -0.15) is 5.10 Å². The number of fused-ring (bicyclic) bond motifs is 1. The van der Waals surface area contributed by atoms with E-state index in [0.717, 1.165) is 0 Å². The highest BCUT2D eigenvalue weighted by molar-refractivity contribution is 6.31. The van der Waals surface area contributed by atoms with E-state index in [-0.39, 0.29) is 34.3 Å². The van der Waals surface area contributed by atoms with Crippen molar-refractivity contribution in [3.8, 4) is 22.8 Å². The Hall–Kier alpha value is -2.28. The van der Waals surface area contributed by atoms with Gasteiger partial charge in [0.1, 0.15) is 13.2 Å². The second-order valence-electron chi connectivity index (χ2n) is 4.42. The highest BCUT2D eigenvalue weighted by atomic mass is 35.5. The Morgan fingerprint density at radius 3 is 2.81 bits per heavy atom. The highest BCUT2D eigenvalue weighted by Gasteiger charge is 2.27. The number of hydrogen-bond acceptors (Lipinski definition) is 4. The summed E-state index contributed by atoms with van der Waals surface area (Å²) in [6.45, 7) is 0.602. The molecule has 21 heavy (non-hydrogen) atoms. The molecule has 2 heterocycles. The second-order valence-corrected chi connectivity index (χ2v) is 4.82. The van der Waals surface area contributed by atoms with Crippen LogP contribution in [0.2, 0.25) is 5.02 Å². The number of aryl methyl sites for hydroxylation is 1. The molecule has 8 heteroatoms. The molecule has 0 bridgehead atoms. The van der Waals surface area contributed by atoms with Crippen LogP contribution in [0.4, 0.5) is 4.39 Å². The van der Waals surface area contributed by atoms with E-state index in [4.69, 9.17) is 26.2 Å². The summed E-state index contributed by atoms with van der Waals surface area (Å²) in [7, 11) is 1.51. The summed E-state index contributed by atoms with van der Waals surface area (Å²) < 4.78 is 26.5. The molecule has 0 spiro atoms. The van der Waals surface area contributed by atoms with Gasteiger partial charge in [0, 0.05) is 13.1 Å². The Kier molecular flexibility index (Phi) is 3.21. The van der Waals surface area contributed by atoms with Gasteiger partial charge in [0.15, 0.2) is 23.0 Å². The minimum Gasteiger partial charge on any atom is -0.486 e. The number of ether oxygens (including phenoxy) is 2. The number of benzene rings is 1. The van der Waals surface area contributed by atoms with Crippen molar-refractivity contribution in [2.75, 3.05) is 13.2 Å². The first-order valence-corrected chi connectivity index (χ1v) is 6.42. The summed E-state index contributed by atoms with van der Waals surface area (Å²) in [5.41, 5.74) is 0.0891. The topological polar surface area (TPSA) is 73.6 Å². The van der Waals surface area contributed by atoms with E-state index >= 15 is 0 Å². The van der Waals surface area contributed by atoms with Gasteiger partial charge in [-0.25, -0.2) is 9.18 Å². The van der Waals surface area contributed by atoms with Gasteiger partial charge in [0.2, 0.25) is 0 Å². The fourth-order valence-electron chi connectivity index (χ4n) is 2.17. The standard InChI is InChI=1S/C13H10ClFN2O4/c1-17-8(5-7(16-17)13(18)19)10-11(15)6(14)4-9-12(10)21-3-2-20-9/h4-5H,2-3H2,1H3,(H,18,19). The number of aromatic carboxylic acids is 1. The third-order valence-electron chi connectivity index (χ3n) is 3.08. The predicted molar refractivity (Wildman–Crippen MR) is 71.6 cm³/mol. The lowest BCUT2D eigenvalue weighted by Crippen LogP contribution is -2.17. The van der Waals surface area contributed by atoms with Gasteiger partial charge in [0.25, 0.3) is 0 Å². The van der Waals surface area contributed by atoms with Gasteiger partial charge in [-0.1, -0.05) is 11.6 Å². The van der Waals surface area contributed by atoms with Crippen molar-refractivity contribution in [2.45, 2.75) is 0 Å². The third kappa shape index (κ3) is 2.19. The number of rotatable bonds is 2. The molecule has 0 radical (unpaired) electrons. The van der Waals surface area contributed by atoms with Crippen LogP contribution in [0.5, 0.6) is 11.5 Å². The maximum atomic E-state index is 14.4. The van der Waals surface area contributed by atoms with Crippen LogP contribution in [0.15, 0.2) is 12.1 Å². The Bertz CT molecular complexity index is 744. The van der Waals surface area contributed by atoms with E-state index in [1.807, 2.05) is 0 Å². The van der Waals surface area contributed by atoms with Crippen LogP contribution in [-0.4, -0.2) is 34.1 Å². The van der Waals surface area contributed by atoms with E-state index in [2.05, 4.69) is 5.10 Å². The zero-order chi connectivity index (χ0) is 15.1. The van der Waals surface area contributed by atoms with E-state index in [1.165, 1.54) is 23.9 Å². The van der Waals surface area contributed by atoms with Crippen LogP contribution >= 0.6 is 11.6 Å². The quantitative estimate of drug-likeness (QED) is 0.921. The zero-order valence-electron chi connectivity index (χ0n) is 10.9. The van der Waals surface area contributed by atoms with Crippen LogP contribution in [0.3, 0.4) is 0 Å². The molecule has 0 saturated carbocycles. The molecule has 0 saturated heterocycles. The fourth-order valence-corrected chi connectivity index (χ4v) is 2.36. The minimum atomic E-state index is -1.20. The second kappa shape index (κ2) is 4.92. The number of carboxylic acids is 1. The largest absolute Gasteiger partial charge is 0.486 e. The Balaban J connectivity index is 2.26. The number of carbonyl (C=O) groups is 1. The molecular weight excluding hydrogens is 303 g/mol.